The topological polar surface area (TPSA) is 78.9 Å². The number of methoxy groups -OCH3 is 1. The number of nitrogens with one attached hydrogen (secondary N) is 1. The summed E-state index contributed by atoms with van der Waals surface area (Å²) in [5.74, 6) is -0.0644. The first kappa shape index (κ1) is 20.3. The number of piperidine rings is 1. The average Bonchev–Trinajstić information content (AvgIpc) is 3.18. The number of carbonyl (C=O) groups is 2. The van der Waals surface area contributed by atoms with E-state index in [4.69, 9.17) is 4.74 Å². The van der Waals surface area contributed by atoms with Crippen molar-refractivity contribution in [2.45, 2.75) is 63.1 Å². The van der Waals surface area contributed by atoms with Gasteiger partial charge in [-0.25, -0.2) is 0 Å². The Balaban J connectivity index is 1.90. The van der Waals surface area contributed by atoms with E-state index in [1.807, 2.05) is 22.4 Å². The minimum absolute atomic E-state index is 0.0552. The normalized spacial score (nSPS) is 29.5. The fraction of sp³-hybridized carbons (Fsp3) is 0.700. The first-order valence-corrected chi connectivity index (χ1v) is 10.7. The van der Waals surface area contributed by atoms with Crippen LogP contribution < -0.4 is 5.32 Å². The number of likely N-dealkylation sites (tertiary alicyclic amines) is 1. The second-order valence-electron chi connectivity index (χ2n) is 7.91. The number of aliphatic hydroxyl groups is 1. The maximum absolute atomic E-state index is 13.3. The molecule has 3 atom stereocenters. The van der Waals surface area contributed by atoms with Crippen molar-refractivity contribution in [3.05, 3.63) is 22.4 Å². The molecule has 1 aromatic heterocycles. The number of hydrogen-bond donors (Lipinski definition) is 2. The Morgan fingerprint density at radius 2 is 2.11 bits per heavy atom. The minimum Gasteiger partial charge on any atom is -0.388 e. The molecule has 27 heavy (non-hydrogen) atoms. The third-order valence-electron chi connectivity index (χ3n) is 5.84. The van der Waals surface area contributed by atoms with Crippen molar-refractivity contribution in [3.8, 4) is 0 Å². The summed E-state index contributed by atoms with van der Waals surface area (Å²) in [6, 6.07) is 3.00. The minimum atomic E-state index is -1.10. The number of amides is 2. The van der Waals surface area contributed by atoms with Gasteiger partial charge in [-0.05, 0) is 37.6 Å². The van der Waals surface area contributed by atoms with Gasteiger partial charge in [-0.3, -0.25) is 9.59 Å². The van der Waals surface area contributed by atoms with Gasteiger partial charge in [0, 0.05) is 24.4 Å². The number of thiophene rings is 1. The van der Waals surface area contributed by atoms with Crippen LogP contribution in [-0.4, -0.2) is 53.7 Å². The lowest BCUT2D eigenvalue weighted by molar-refractivity contribution is -0.151. The molecule has 6 nitrogen and oxygen atoms in total. The van der Waals surface area contributed by atoms with Crippen LogP contribution in [0.5, 0.6) is 0 Å². The Bertz CT molecular complexity index is 640. The van der Waals surface area contributed by atoms with Crippen LogP contribution in [0.3, 0.4) is 0 Å². The zero-order chi connectivity index (χ0) is 19.4. The van der Waals surface area contributed by atoms with Crippen LogP contribution in [0.15, 0.2) is 17.5 Å². The van der Waals surface area contributed by atoms with Gasteiger partial charge in [0.1, 0.15) is 6.61 Å². The molecule has 1 aliphatic heterocycles. The molecular weight excluding hydrogens is 364 g/mol. The van der Waals surface area contributed by atoms with E-state index in [-0.39, 0.29) is 30.4 Å². The van der Waals surface area contributed by atoms with E-state index in [0.717, 1.165) is 30.6 Å². The van der Waals surface area contributed by atoms with E-state index in [2.05, 4.69) is 5.32 Å². The maximum Gasteiger partial charge on any atom is 0.246 e. The predicted octanol–water partition coefficient (Wildman–Crippen LogP) is 2.48. The van der Waals surface area contributed by atoms with Crippen LogP contribution >= 0.6 is 11.3 Å². The fourth-order valence-corrected chi connectivity index (χ4v) is 5.22. The van der Waals surface area contributed by atoms with Crippen molar-refractivity contribution in [1.82, 2.24) is 10.2 Å². The van der Waals surface area contributed by atoms with E-state index in [9.17, 15) is 14.7 Å². The Labute approximate surface area is 164 Å². The second kappa shape index (κ2) is 8.71. The Morgan fingerprint density at radius 1 is 1.37 bits per heavy atom. The molecule has 1 saturated carbocycles. The fourth-order valence-electron chi connectivity index (χ4n) is 4.35. The van der Waals surface area contributed by atoms with Gasteiger partial charge < -0.3 is 20.1 Å². The quantitative estimate of drug-likeness (QED) is 0.804. The number of hydrogen-bond acceptors (Lipinski definition) is 5. The average molecular weight is 395 g/mol. The monoisotopic (exact) mass is 394 g/mol. The Morgan fingerprint density at radius 3 is 2.74 bits per heavy atom. The molecule has 0 unspecified atom stereocenters. The summed E-state index contributed by atoms with van der Waals surface area (Å²) in [6.45, 7) is 2.18. The number of nitrogens with zero attached hydrogens (tertiary/aromatic N) is 1. The first-order chi connectivity index (χ1) is 12.9. The number of carbonyl (C=O) groups excluding carboxylic acids is 2. The van der Waals surface area contributed by atoms with Gasteiger partial charge >= 0.3 is 0 Å². The Hall–Kier alpha value is -1.44. The molecule has 2 heterocycles. The zero-order valence-electron chi connectivity index (χ0n) is 16.1. The van der Waals surface area contributed by atoms with Gasteiger partial charge in [0.25, 0.3) is 0 Å². The first-order valence-electron chi connectivity index (χ1n) is 9.78. The molecule has 0 bridgehead atoms. The molecule has 150 valence electrons. The molecule has 2 amide bonds. The molecule has 1 aromatic rings. The van der Waals surface area contributed by atoms with Gasteiger partial charge in [0.2, 0.25) is 11.8 Å². The van der Waals surface area contributed by atoms with E-state index < -0.39 is 11.6 Å². The zero-order valence-corrected chi connectivity index (χ0v) is 17.0. The van der Waals surface area contributed by atoms with Gasteiger partial charge in [0.15, 0.2) is 0 Å². The largest absolute Gasteiger partial charge is 0.388 e. The molecule has 1 saturated heterocycles. The van der Waals surface area contributed by atoms with Crippen LogP contribution in [-0.2, 0) is 14.3 Å². The van der Waals surface area contributed by atoms with Crippen molar-refractivity contribution in [2.75, 3.05) is 20.3 Å². The number of rotatable bonds is 5. The van der Waals surface area contributed by atoms with Crippen LogP contribution in [0, 0.1) is 5.92 Å². The maximum atomic E-state index is 13.3. The highest BCUT2D eigenvalue weighted by molar-refractivity contribution is 7.10. The van der Waals surface area contributed by atoms with E-state index in [0.29, 0.717) is 13.0 Å². The molecule has 0 radical (unpaired) electrons. The van der Waals surface area contributed by atoms with Crippen molar-refractivity contribution in [1.29, 1.82) is 0 Å². The molecule has 2 N–H and O–H groups in total. The van der Waals surface area contributed by atoms with E-state index in [1.165, 1.54) is 13.5 Å². The highest BCUT2D eigenvalue weighted by Crippen LogP contribution is 2.40. The van der Waals surface area contributed by atoms with Crippen molar-refractivity contribution >= 4 is 23.2 Å². The third kappa shape index (κ3) is 4.52. The summed E-state index contributed by atoms with van der Waals surface area (Å²) in [7, 11) is 1.47. The molecular formula is C20H30N2O4S. The van der Waals surface area contributed by atoms with Crippen molar-refractivity contribution < 1.29 is 19.4 Å². The van der Waals surface area contributed by atoms with Gasteiger partial charge in [0.05, 0.1) is 17.7 Å². The lowest BCUT2D eigenvalue weighted by atomic mass is 9.80. The summed E-state index contributed by atoms with van der Waals surface area (Å²) >= 11 is 1.55. The Kier molecular flexibility index (Phi) is 6.55. The molecule has 0 aromatic carbocycles. The van der Waals surface area contributed by atoms with Crippen LogP contribution in [0.1, 0.15) is 56.4 Å². The molecule has 0 spiro atoms. The standard InChI is InChI=1S/C20H30N2O4S/c1-20(25)10-11-22(19(24)14-7-4-3-5-8-14)17(15-9-6-12-27-15)18(20)21-16(23)13-26-2/h6,9,12,14,17-18,25H,3-5,7-8,10-11,13H2,1-2H3,(H,21,23)/t17-,18-,20+/m0/s1. The molecule has 3 rings (SSSR count). The SMILES string of the molecule is COCC(=O)N[C@H]1[C@H](c2cccs2)N(C(=O)C2CCCCC2)CC[C@@]1(C)O. The summed E-state index contributed by atoms with van der Waals surface area (Å²) in [5.41, 5.74) is -1.10. The summed E-state index contributed by atoms with van der Waals surface area (Å²) < 4.78 is 4.94. The summed E-state index contributed by atoms with van der Waals surface area (Å²) in [6.07, 6.45) is 5.69. The van der Waals surface area contributed by atoms with E-state index >= 15 is 0 Å². The van der Waals surface area contributed by atoms with Gasteiger partial charge in [-0.2, -0.15) is 0 Å². The van der Waals surface area contributed by atoms with Gasteiger partial charge in [-0.1, -0.05) is 25.3 Å². The van der Waals surface area contributed by atoms with Crippen molar-refractivity contribution in [2.24, 2.45) is 5.92 Å². The molecule has 2 fully saturated rings. The number of ether oxygens (including phenoxy) is 1. The van der Waals surface area contributed by atoms with Crippen LogP contribution in [0.4, 0.5) is 0 Å². The van der Waals surface area contributed by atoms with Crippen LogP contribution in [0.2, 0.25) is 0 Å². The van der Waals surface area contributed by atoms with Crippen molar-refractivity contribution in [3.63, 3.8) is 0 Å². The molecule has 7 heteroatoms. The highest BCUT2D eigenvalue weighted by Gasteiger charge is 2.48. The summed E-state index contributed by atoms with van der Waals surface area (Å²) in [5, 5.41) is 15.9. The van der Waals surface area contributed by atoms with E-state index in [1.54, 1.807) is 18.3 Å². The highest BCUT2D eigenvalue weighted by atomic mass is 32.1. The third-order valence-corrected chi connectivity index (χ3v) is 6.79. The summed E-state index contributed by atoms with van der Waals surface area (Å²) in [4.78, 5) is 28.5. The predicted molar refractivity (Wildman–Crippen MR) is 104 cm³/mol. The smallest absolute Gasteiger partial charge is 0.246 e. The van der Waals surface area contributed by atoms with Gasteiger partial charge in [-0.15, -0.1) is 11.3 Å². The van der Waals surface area contributed by atoms with Crippen LogP contribution in [0.25, 0.3) is 0 Å². The second-order valence-corrected chi connectivity index (χ2v) is 8.89. The lowest BCUT2D eigenvalue weighted by Gasteiger charge is -2.49. The molecule has 2 aliphatic rings. The lowest BCUT2D eigenvalue weighted by Crippen LogP contribution is -2.64. The molecule has 1 aliphatic carbocycles.